The second-order valence-electron chi connectivity index (χ2n) is 6.73. The van der Waals surface area contributed by atoms with E-state index >= 15 is 0 Å². The molecule has 168 valence electrons. The third-order valence-corrected chi connectivity index (χ3v) is 4.31. The minimum atomic E-state index is -4.75. The van der Waals surface area contributed by atoms with E-state index in [4.69, 9.17) is 9.57 Å². The third kappa shape index (κ3) is 5.45. The Kier molecular flexibility index (Phi) is 6.82. The van der Waals surface area contributed by atoms with Gasteiger partial charge in [0.15, 0.2) is 11.4 Å². The van der Waals surface area contributed by atoms with Crippen molar-refractivity contribution in [2.45, 2.75) is 20.0 Å². The number of ether oxygens (including phenoxy) is 1. The molecule has 1 amide bonds. The Labute approximate surface area is 182 Å². The number of aromatic nitrogens is 2. The van der Waals surface area contributed by atoms with Crippen molar-refractivity contribution in [2.75, 3.05) is 11.9 Å². The van der Waals surface area contributed by atoms with Crippen LogP contribution in [0.1, 0.15) is 35.5 Å². The smallest absolute Gasteiger partial charge is 0.435 e. The normalized spacial score (nSPS) is 11.9. The summed E-state index contributed by atoms with van der Waals surface area (Å²) in [5.74, 6) is -0.206. The van der Waals surface area contributed by atoms with Crippen molar-refractivity contribution in [3.8, 4) is 11.5 Å². The number of para-hydroxylation sites is 2. The lowest BCUT2D eigenvalue weighted by molar-refractivity contribution is -0.141. The summed E-state index contributed by atoms with van der Waals surface area (Å²) in [5, 5.41) is 9.80. The first-order chi connectivity index (χ1) is 15.2. The maximum Gasteiger partial charge on any atom is 0.435 e. The summed E-state index contributed by atoms with van der Waals surface area (Å²) in [7, 11) is 1.31. The lowest BCUT2D eigenvalue weighted by Crippen LogP contribution is -2.18. The fourth-order valence-corrected chi connectivity index (χ4v) is 2.82. The standard InChI is InChI=1S/C22H21F3N4O3/c1-4-31-28-14(2)15-9-11-16(12-10-15)32-19-8-6-5-7-18(19)26-21(30)17-13-29(3)27-20(17)22(23,24)25/h5-13H,4H2,1-3H3,(H,26,30)/b28-14-. The number of oxime groups is 1. The number of amides is 1. The molecule has 1 heterocycles. The van der Waals surface area contributed by atoms with E-state index in [2.05, 4.69) is 15.6 Å². The molecule has 0 saturated heterocycles. The summed E-state index contributed by atoms with van der Waals surface area (Å²) < 4.78 is 46.3. The van der Waals surface area contributed by atoms with Crippen LogP contribution in [0.3, 0.4) is 0 Å². The van der Waals surface area contributed by atoms with Crippen molar-refractivity contribution in [2.24, 2.45) is 12.2 Å². The van der Waals surface area contributed by atoms with Crippen LogP contribution >= 0.6 is 0 Å². The van der Waals surface area contributed by atoms with E-state index in [-0.39, 0.29) is 11.4 Å². The molecule has 0 saturated carbocycles. The SMILES string of the molecule is CCO/N=C(/C)c1ccc(Oc2ccccc2NC(=O)c2cn(C)nc2C(F)(F)F)cc1. The van der Waals surface area contributed by atoms with E-state index in [1.807, 2.05) is 13.8 Å². The van der Waals surface area contributed by atoms with Crippen LogP contribution in [0, 0.1) is 0 Å². The van der Waals surface area contributed by atoms with Gasteiger partial charge in [-0.2, -0.15) is 18.3 Å². The van der Waals surface area contributed by atoms with Gasteiger partial charge in [0, 0.05) is 13.2 Å². The van der Waals surface area contributed by atoms with Crippen LogP contribution in [0.4, 0.5) is 18.9 Å². The second kappa shape index (κ2) is 9.54. The van der Waals surface area contributed by atoms with Gasteiger partial charge in [-0.3, -0.25) is 9.48 Å². The Morgan fingerprint density at radius 2 is 1.84 bits per heavy atom. The number of hydrogen-bond acceptors (Lipinski definition) is 5. The first kappa shape index (κ1) is 22.9. The molecule has 0 fully saturated rings. The molecule has 0 aliphatic rings. The molecular weight excluding hydrogens is 425 g/mol. The molecule has 0 bridgehead atoms. The monoisotopic (exact) mass is 446 g/mol. The number of carbonyl (C=O) groups is 1. The fourth-order valence-electron chi connectivity index (χ4n) is 2.82. The molecule has 10 heteroatoms. The van der Waals surface area contributed by atoms with E-state index in [1.54, 1.807) is 42.5 Å². The highest BCUT2D eigenvalue weighted by Gasteiger charge is 2.39. The number of carbonyl (C=O) groups excluding carboxylic acids is 1. The van der Waals surface area contributed by atoms with E-state index in [1.165, 1.54) is 13.1 Å². The quantitative estimate of drug-likeness (QED) is 0.398. The largest absolute Gasteiger partial charge is 0.455 e. The number of nitrogens with zero attached hydrogens (tertiary/aromatic N) is 3. The molecule has 2 aromatic carbocycles. The summed E-state index contributed by atoms with van der Waals surface area (Å²) in [6.07, 6.45) is -3.73. The molecule has 0 aliphatic carbocycles. The first-order valence-electron chi connectivity index (χ1n) is 9.65. The molecule has 0 spiro atoms. The molecular formula is C22H21F3N4O3. The number of hydrogen-bond donors (Lipinski definition) is 1. The van der Waals surface area contributed by atoms with Crippen molar-refractivity contribution in [3.63, 3.8) is 0 Å². The van der Waals surface area contributed by atoms with Crippen LogP contribution in [0.25, 0.3) is 0 Å². The van der Waals surface area contributed by atoms with E-state index in [0.29, 0.717) is 18.1 Å². The van der Waals surface area contributed by atoms with Crippen LogP contribution in [-0.2, 0) is 18.1 Å². The van der Waals surface area contributed by atoms with Gasteiger partial charge in [0.25, 0.3) is 5.91 Å². The number of alkyl halides is 3. The minimum Gasteiger partial charge on any atom is -0.455 e. The first-order valence-corrected chi connectivity index (χ1v) is 9.65. The minimum absolute atomic E-state index is 0.215. The summed E-state index contributed by atoms with van der Waals surface area (Å²) in [6.45, 7) is 4.11. The van der Waals surface area contributed by atoms with Crippen LogP contribution in [0.5, 0.6) is 11.5 Å². The molecule has 3 aromatic rings. The van der Waals surface area contributed by atoms with Crippen molar-refractivity contribution in [1.29, 1.82) is 0 Å². The number of rotatable bonds is 7. The van der Waals surface area contributed by atoms with Gasteiger partial charge in [-0.05, 0) is 55.8 Å². The van der Waals surface area contributed by atoms with E-state index < -0.39 is 23.3 Å². The Balaban J connectivity index is 1.79. The van der Waals surface area contributed by atoms with Crippen molar-refractivity contribution in [3.05, 3.63) is 71.5 Å². The maximum atomic E-state index is 13.2. The van der Waals surface area contributed by atoms with E-state index in [0.717, 1.165) is 16.4 Å². The van der Waals surface area contributed by atoms with Gasteiger partial charge in [-0.15, -0.1) is 0 Å². The Hall–Kier alpha value is -3.82. The molecule has 7 nitrogen and oxygen atoms in total. The van der Waals surface area contributed by atoms with Gasteiger partial charge >= 0.3 is 6.18 Å². The van der Waals surface area contributed by atoms with Crippen molar-refractivity contribution < 1.29 is 27.5 Å². The van der Waals surface area contributed by atoms with Crippen LogP contribution in [0.2, 0.25) is 0 Å². The molecule has 0 unspecified atom stereocenters. The average molecular weight is 446 g/mol. The van der Waals surface area contributed by atoms with Gasteiger partial charge in [-0.1, -0.05) is 17.3 Å². The van der Waals surface area contributed by atoms with Gasteiger partial charge in [-0.25, -0.2) is 0 Å². The lowest BCUT2D eigenvalue weighted by Gasteiger charge is -2.13. The second-order valence-corrected chi connectivity index (χ2v) is 6.73. The Morgan fingerprint density at radius 1 is 1.16 bits per heavy atom. The topological polar surface area (TPSA) is 77.7 Å². The summed E-state index contributed by atoms with van der Waals surface area (Å²) >= 11 is 0. The van der Waals surface area contributed by atoms with Crippen LogP contribution < -0.4 is 10.1 Å². The number of anilines is 1. The highest BCUT2D eigenvalue weighted by atomic mass is 19.4. The van der Waals surface area contributed by atoms with Crippen LogP contribution in [0.15, 0.2) is 59.9 Å². The average Bonchev–Trinajstić information content (AvgIpc) is 3.16. The van der Waals surface area contributed by atoms with E-state index in [9.17, 15) is 18.0 Å². The molecule has 0 radical (unpaired) electrons. The van der Waals surface area contributed by atoms with Crippen LogP contribution in [-0.4, -0.2) is 28.0 Å². The predicted molar refractivity (Wildman–Crippen MR) is 113 cm³/mol. The summed E-state index contributed by atoms with van der Waals surface area (Å²) in [5.41, 5.74) is -0.0851. The zero-order valence-corrected chi connectivity index (χ0v) is 17.6. The van der Waals surface area contributed by atoms with Gasteiger partial charge < -0.3 is 14.9 Å². The predicted octanol–water partition coefficient (Wildman–Crippen LogP) is 5.24. The zero-order chi connectivity index (χ0) is 23.3. The Morgan fingerprint density at radius 3 is 2.50 bits per heavy atom. The highest BCUT2D eigenvalue weighted by molar-refractivity contribution is 6.05. The lowest BCUT2D eigenvalue weighted by atomic mass is 10.1. The third-order valence-electron chi connectivity index (χ3n) is 4.31. The van der Waals surface area contributed by atoms with Crippen molar-refractivity contribution in [1.82, 2.24) is 9.78 Å². The van der Waals surface area contributed by atoms with Crippen molar-refractivity contribution >= 4 is 17.3 Å². The Bertz CT molecular complexity index is 1120. The number of nitrogens with one attached hydrogen (secondary N) is 1. The molecule has 3 rings (SSSR count). The number of halogens is 3. The van der Waals surface area contributed by atoms with Gasteiger partial charge in [0.05, 0.1) is 17.0 Å². The molecule has 32 heavy (non-hydrogen) atoms. The summed E-state index contributed by atoms with van der Waals surface area (Å²) in [6, 6.07) is 13.4. The van der Waals surface area contributed by atoms with Gasteiger partial charge in [0.2, 0.25) is 0 Å². The number of aryl methyl sites for hydroxylation is 1. The van der Waals surface area contributed by atoms with Gasteiger partial charge in [0.1, 0.15) is 12.4 Å². The maximum absolute atomic E-state index is 13.2. The number of benzene rings is 2. The molecule has 1 aromatic heterocycles. The zero-order valence-electron chi connectivity index (χ0n) is 17.6. The highest BCUT2D eigenvalue weighted by Crippen LogP contribution is 2.33. The fraction of sp³-hybridized carbons (Fsp3) is 0.227. The molecule has 0 atom stereocenters. The summed E-state index contributed by atoms with van der Waals surface area (Å²) in [4.78, 5) is 17.6. The molecule has 0 aliphatic heterocycles. The molecule has 1 N–H and O–H groups in total.